The van der Waals surface area contributed by atoms with Gasteiger partial charge in [-0.1, -0.05) is 43.2 Å². The van der Waals surface area contributed by atoms with Crippen LogP contribution >= 0.6 is 0 Å². The molecule has 1 N–H and O–H groups in total. The Kier molecular flexibility index (Phi) is 7.67. The highest BCUT2D eigenvalue weighted by molar-refractivity contribution is 7.87. The third-order valence-corrected chi connectivity index (χ3v) is 5.22. The molecule has 156 valence electrons. The van der Waals surface area contributed by atoms with Crippen LogP contribution in [0.4, 0.5) is 0 Å². The summed E-state index contributed by atoms with van der Waals surface area (Å²) in [5, 5.41) is 9.22. The molecule has 7 nitrogen and oxygen atoms in total. The minimum Gasteiger partial charge on any atom is -0.490 e. The van der Waals surface area contributed by atoms with E-state index in [1.165, 1.54) is 31.4 Å². The number of hydrogen-bond donors (Lipinski definition) is 1. The Hall–Kier alpha value is -3.00. The number of benzene rings is 2. The molecule has 0 spiro atoms. The first-order valence-corrected chi connectivity index (χ1v) is 10.4. The van der Waals surface area contributed by atoms with Crippen molar-refractivity contribution in [3.8, 4) is 11.5 Å². The molecule has 29 heavy (non-hydrogen) atoms. The van der Waals surface area contributed by atoms with Crippen molar-refractivity contribution in [1.82, 2.24) is 0 Å². The molecule has 0 aliphatic rings. The van der Waals surface area contributed by atoms with Crippen LogP contribution in [0.5, 0.6) is 11.5 Å². The van der Waals surface area contributed by atoms with Crippen LogP contribution in [0, 0.1) is 6.92 Å². The monoisotopic (exact) mass is 420 g/mol. The van der Waals surface area contributed by atoms with E-state index in [4.69, 9.17) is 13.7 Å². The van der Waals surface area contributed by atoms with Gasteiger partial charge in [-0.3, -0.25) is 0 Å². The summed E-state index contributed by atoms with van der Waals surface area (Å²) in [4.78, 5) is 11.3. The summed E-state index contributed by atoms with van der Waals surface area (Å²) < 4.78 is 41.5. The van der Waals surface area contributed by atoms with Gasteiger partial charge in [0.15, 0.2) is 11.5 Å². The zero-order chi connectivity index (χ0) is 21.4. The number of carboxylic acid groups (broad SMARTS) is 1. The molecule has 0 saturated carbocycles. The fourth-order valence-electron chi connectivity index (χ4n) is 2.39. The molecule has 0 aliphatic carbocycles. The maximum atomic E-state index is 12.8. The highest BCUT2D eigenvalue weighted by Gasteiger charge is 2.22. The van der Waals surface area contributed by atoms with Crippen LogP contribution in [0.2, 0.25) is 0 Å². The number of unbranched alkanes of at least 4 members (excludes halogenated alkanes) is 1. The largest absolute Gasteiger partial charge is 0.490 e. The SMILES string of the molecule is CCCCOc1cccc(C=C(OC)C(=O)O)c1OS(=O)(=O)c1ccc(C)cc1. The van der Waals surface area contributed by atoms with Crippen molar-refractivity contribution in [2.75, 3.05) is 13.7 Å². The highest BCUT2D eigenvalue weighted by atomic mass is 32.2. The number of aryl methyl sites for hydroxylation is 1. The average Bonchev–Trinajstić information content (AvgIpc) is 2.68. The summed E-state index contributed by atoms with van der Waals surface area (Å²) in [5.41, 5.74) is 1.11. The van der Waals surface area contributed by atoms with Crippen LogP contribution < -0.4 is 8.92 Å². The Morgan fingerprint density at radius 1 is 1.14 bits per heavy atom. The maximum absolute atomic E-state index is 12.8. The average molecular weight is 420 g/mol. The number of carboxylic acids is 1. The van der Waals surface area contributed by atoms with E-state index >= 15 is 0 Å². The van der Waals surface area contributed by atoms with E-state index in [1.54, 1.807) is 24.3 Å². The Labute approximate surface area is 170 Å². The van der Waals surface area contributed by atoms with Gasteiger partial charge in [0.1, 0.15) is 4.90 Å². The number of methoxy groups -OCH3 is 1. The zero-order valence-corrected chi connectivity index (χ0v) is 17.4. The Balaban J connectivity index is 2.52. The molecule has 0 aromatic heterocycles. The van der Waals surface area contributed by atoms with Gasteiger partial charge < -0.3 is 18.8 Å². The van der Waals surface area contributed by atoms with Gasteiger partial charge in [-0.2, -0.15) is 8.42 Å². The highest BCUT2D eigenvalue weighted by Crippen LogP contribution is 2.35. The molecule has 0 aliphatic heterocycles. The second-order valence-corrected chi connectivity index (χ2v) is 7.79. The van der Waals surface area contributed by atoms with Crippen molar-refractivity contribution in [2.45, 2.75) is 31.6 Å². The molecule has 2 aromatic rings. The molecule has 0 atom stereocenters. The van der Waals surface area contributed by atoms with Gasteiger partial charge >= 0.3 is 16.1 Å². The number of rotatable bonds is 10. The summed E-state index contributed by atoms with van der Waals surface area (Å²) in [5.74, 6) is -1.56. The van der Waals surface area contributed by atoms with Crippen molar-refractivity contribution in [2.24, 2.45) is 0 Å². The molecular weight excluding hydrogens is 396 g/mol. The molecule has 0 fully saturated rings. The quantitative estimate of drug-likeness (QED) is 0.268. The first-order valence-electron chi connectivity index (χ1n) is 9.04. The van der Waals surface area contributed by atoms with E-state index in [2.05, 4.69) is 0 Å². The van der Waals surface area contributed by atoms with Gasteiger partial charge in [-0.25, -0.2) is 4.79 Å². The van der Waals surface area contributed by atoms with Gasteiger partial charge in [0, 0.05) is 5.56 Å². The van der Waals surface area contributed by atoms with Crippen molar-refractivity contribution < 1.29 is 32.0 Å². The van der Waals surface area contributed by atoms with Crippen molar-refractivity contribution in [3.63, 3.8) is 0 Å². The lowest BCUT2D eigenvalue weighted by molar-refractivity contribution is -0.135. The van der Waals surface area contributed by atoms with E-state index in [0.29, 0.717) is 6.61 Å². The predicted octanol–water partition coefficient (Wildman–Crippen LogP) is 4.01. The van der Waals surface area contributed by atoms with Crippen molar-refractivity contribution in [3.05, 3.63) is 59.4 Å². The van der Waals surface area contributed by atoms with E-state index in [-0.39, 0.29) is 27.7 Å². The summed E-state index contributed by atoms with van der Waals surface area (Å²) in [7, 11) is -2.95. The lowest BCUT2D eigenvalue weighted by Crippen LogP contribution is -2.12. The summed E-state index contributed by atoms with van der Waals surface area (Å²) in [6.07, 6.45) is 2.85. The van der Waals surface area contributed by atoms with Gasteiger partial charge in [-0.15, -0.1) is 0 Å². The fraction of sp³-hybridized carbons (Fsp3) is 0.286. The topological polar surface area (TPSA) is 99.1 Å². The molecule has 0 heterocycles. The Morgan fingerprint density at radius 3 is 2.41 bits per heavy atom. The van der Waals surface area contributed by atoms with Crippen LogP contribution in [-0.2, 0) is 19.6 Å². The third-order valence-electron chi connectivity index (χ3n) is 3.98. The lowest BCUT2D eigenvalue weighted by atomic mass is 10.1. The molecule has 0 saturated heterocycles. The normalized spacial score (nSPS) is 11.8. The van der Waals surface area contributed by atoms with Gasteiger partial charge in [-0.05, 0) is 37.6 Å². The number of aliphatic carboxylic acids is 1. The molecule has 2 rings (SSSR count). The van der Waals surface area contributed by atoms with E-state index < -0.39 is 16.1 Å². The lowest BCUT2D eigenvalue weighted by Gasteiger charge is -2.15. The summed E-state index contributed by atoms with van der Waals surface area (Å²) in [6, 6.07) is 10.9. The molecule has 0 unspecified atom stereocenters. The molecule has 2 aromatic carbocycles. The van der Waals surface area contributed by atoms with E-state index in [1.807, 2.05) is 13.8 Å². The third kappa shape index (κ3) is 5.99. The van der Waals surface area contributed by atoms with Crippen LogP contribution in [-0.4, -0.2) is 33.2 Å². The second-order valence-electron chi connectivity index (χ2n) is 6.24. The molecular formula is C21H24O7S. The summed E-state index contributed by atoms with van der Waals surface area (Å²) >= 11 is 0. The van der Waals surface area contributed by atoms with Crippen molar-refractivity contribution in [1.29, 1.82) is 0 Å². The van der Waals surface area contributed by atoms with Crippen LogP contribution in [0.1, 0.15) is 30.9 Å². The minimum atomic E-state index is -4.17. The number of ether oxygens (including phenoxy) is 2. The van der Waals surface area contributed by atoms with Gasteiger partial charge in [0.2, 0.25) is 5.76 Å². The van der Waals surface area contributed by atoms with Crippen molar-refractivity contribution >= 4 is 22.2 Å². The minimum absolute atomic E-state index is 0.0217. The van der Waals surface area contributed by atoms with Crippen LogP contribution in [0.3, 0.4) is 0 Å². The summed E-state index contributed by atoms with van der Waals surface area (Å²) in [6.45, 7) is 4.20. The molecule has 8 heteroatoms. The van der Waals surface area contributed by atoms with Crippen LogP contribution in [0.25, 0.3) is 6.08 Å². The van der Waals surface area contributed by atoms with Gasteiger partial charge in [0.05, 0.1) is 13.7 Å². The molecule has 0 amide bonds. The fourth-order valence-corrected chi connectivity index (χ4v) is 3.35. The van der Waals surface area contributed by atoms with E-state index in [9.17, 15) is 18.3 Å². The second kappa shape index (κ2) is 9.97. The van der Waals surface area contributed by atoms with Crippen LogP contribution in [0.15, 0.2) is 53.1 Å². The zero-order valence-electron chi connectivity index (χ0n) is 16.5. The van der Waals surface area contributed by atoms with E-state index in [0.717, 1.165) is 18.4 Å². The maximum Gasteiger partial charge on any atom is 0.371 e. The number of carbonyl (C=O) groups is 1. The Bertz CT molecular complexity index is 977. The van der Waals surface area contributed by atoms with Gasteiger partial charge in [0.25, 0.3) is 0 Å². The number of para-hydroxylation sites is 1. The first kappa shape index (κ1) is 22.3. The predicted molar refractivity (Wildman–Crippen MR) is 108 cm³/mol. The number of hydrogen-bond acceptors (Lipinski definition) is 6. The standard InChI is InChI=1S/C21H24O7S/c1-4-5-13-27-18-8-6-7-16(14-19(26-3)21(22)23)20(18)28-29(24,25)17-11-9-15(2)10-12-17/h6-12,14H,4-5,13H2,1-3H3,(H,22,23). The Morgan fingerprint density at radius 2 is 1.83 bits per heavy atom. The molecule has 0 bridgehead atoms. The molecule has 0 radical (unpaired) electrons. The smallest absolute Gasteiger partial charge is 0.371 e. The first-order chi connectivity index (χ1) is 13.8.